The highest BCUT2D eigenvalue weighted by atomic mass is 35.5. The number of benzene rings is 1. The van der Waals surface area contributed by atoms with Gasteiger partial charge < -0.3 is 14.3 Å². The molecule has 0 aliphatic heterocycles. The lowest BCUT2D eigenvalue weighted by molar-refractivity contribution is 0.0950. The Balaban J connectivity index is 1.66. The summed E-state index contributed by atoms with van der Waals surface area (Å²) in [6, 6.07) is 8.71. The van der Waals surface area contributed by atoms with E-state index in [0.29, 0.717) is 17.2 Å². The molecule has 1 amide bonds. The molecule has 0 fully saturated rings. The molecule has 7 heteroatoms. The molecule has 0 atom stereocenters. The third-order valence-corrected chi connectivity index (χ3v) is 3.24. The van der Waals surface area contributed by atoms with Crippen molar-refractivity contribution in [3.63, 3.8) is 0 Å². The molecule has 2 aromatic heterocycles. The van der Waals surface area contributed by atoms with Crippen molar-refractivity contribution in [2.45, 2.75) is 6.54 Å². The van der Waals surface area contributed by atoms with Crippen molar-refractivity contribution >= 4 is 17.5 Å². The van der Waals surface area contributed by atoms with Crippen molar-refractivity contribution in [2.24, 2.45) is 0 Å². The average Bonchev–Trinajstić information content (AvgIpc) is 3.16. The van der Waals surface area contributed by atoms with Gasteiger partial charge in [0.1, 0.15) is 11.5 Å². The number of furan rings is 1. The summed E-state index contributed by atoms with van der Waals surface area (Å²) >= 11 is 5.83. The molecule has 0 unspecified atom stereocenters. The molecular formula is C15H10ClFN2O3. The van der Waals surface area contributed by atoms with E-state index in [9.17, 15) is 9.18 Å². The lowest BCUT2D eigenvalue weighted by Gasteiger charge is -2.04. The molecule has 3 aromatic rings. The Bertz CT molecular complexity index is 799. The molecule has 1 N–H and O–H groups in total. The Kier molecular flexibility index (Phi) is 3.93. The molecule has 0 bridgehead atoms. The molecule has 0 spiro atoms. The maximum atomic E-state index is 13.0. The summed E-state index contributed by atoms with van der Waals surface area (Å²) in [6.07, 6.45) is 1.52. The van der Waals surface area contributed by atoms with E-state index in [-0.39, 0.29) is 17.1 Å². The summed E-state index contributed by atoms with van der Waals surface area (Å²) < 4.78 is 23.2. The van der Waals surface area contributed by atoms with Gasteiger partial charge in [-0.05, 0) is 30.3 Å². The Morgan fingerprint density at radius 2 is 2.14 bits per heavy atom. The predicted molar refractivity (Wildman–Crippen MR) is 76.8 cm³/mol. The van der Waals surface area contributed by atoms with Crippen LogP contribution in [0.15, 0.2) is 51.6 Å². The number of hydrogen-bond donors (Lipinski definition) is 1. The van der Waals surface area contributed by atoms with Crippen LogP contribution in [0.2, 0.25) is 5.02 Å². The van der Waals surface area contributed by atoms with Crippen molar-refractivity contribution < 1.29 is 18.1 Å². The van der Waals surface area contributed by atoms with Gasteiger partial charge in [-0.1, -0.05) is 16.8 Å². The number of nitrogens with zero attached hydrogens (tertiary/aromatic N) is 1. The normalized spacial score (nSPS) is 10.6. The summed E-state index contributed by atoms with van der Waals surface area (Å²) in [5, 5.41) is 6.52. The van der Waals surface area contributed by atoms with Gasteiger partial charge >= 0.3 is 0 Å². The number of amides is 1. The molecule has 5 nitrogen and oxygen atoms in total. The number of aromatic nitrogens is 1. The van der Waals surface area contributed by atoms with Gasteiger partial charge in [-0.25, -0.2) is 4.39 Å². The Labute approximate surface area is 129 Å². The van der Waals surface area contributed by atoms with Crippen LogP contribution in [0.1, 0.15) is 16.1 Å². The van der Waals surface area contributed by atoms with Crippen molar-refractivity contribution in [1.29, 1.82) is 0 Å². The molecule has 0 radical (unpaired) electrons. The summed E-state index contributed by atoms with van der Waals surface area (Å²) in [7, 11) is 0. The van der Waals surface area contributed by atoms with E-state index in [1.54, 1.807) is 18.2 Å². The lowest BCUT2D eigenvalue weighted by atomic mass is 10.2. The molecule has 2 heterocycles. The first-order chi connectivity index (χ1) is 10.6. The summed E-state index contributed by atoms with van der Waals surface area (Å²) in [6.45, 7) is 0.150. The smallest absolute Gasteiger partial charge is 0.253 e. The van der Waals surface area contributed by atoms with Gasteiger partial charge in [-0.2, -0.15) is 0 Å². The number of hydrogen-bond acceptors (Lipinski definition) is 4. The zero-order valence-electron chi connectivity index (χ0n) is 11.2. The van der Waals surface area contributed by atoms with Gasteiger partial charge in [0.05, 0.1) is 23.4 Å². The number of carbonyl (C=O) groups excluding carboxylic acids is 1. The van der Waals surface area contributed by atoms with Crippen LogP contribution in [-0.2, 0) is 6.54 Å². The fourth-order valence-corrected chi connectivity index (χ4v) is 2.12. The van der Waals surface area contributed by atoms with Crippen LogP contribution in [0.3, 0.4) is 0 Å². The van der Waals surface area contributed by atoms with E-state index in [1.165, 1.54) is 18.4 Å². The van der Waals surface area contributed by atoms with Crippen LogP contribution >= 0.6 is 11.6 Å². The molecule has 0 saturated heterocycles. The zero-order valence-corrected chi connectivity index (χ0v) is 11.9. The van der Waals surface area contributed by atoms with Gasteiger partial charge in [0.15, 0.2) is 5.76 Å². The second kappa shape index (κ2) is 6.03. The Morgan fingerprint density at radius 3 is 2.86 bits per heavy atom. The molecule has 0 aliphatic rings. The van der Waals surface area contributed by atoms with Crippen molar-refractivity contribution in [1.82, 2.24) is 10.5 Å². The summed E-state index contributed by atoms with van der Waals surface area (Å²) in [5.74, 6) is 0.0920. The third-order valence-electron chi connectivity index (χ3n) is 2.93. The van der Waals surface area contributed by atoms with E-state index in [1.807, 2.05) is 0 Å². The molecule has 22 heavy (non-hydrogen) atoms. The standard InChI is InChI=1S/C15H10ClFN2O3/c16-12-6-9(17)3-4-11(12)15(20)18-8-10-7-14(22-19-10)13-2-1-5-21-13/h1-7H,8H2,(H,18,20). The van der Waals surface area contributed by atoms with E-state index in [0.717, 1.165) is 6.07 Å². The second-order valence-electron chi connectivity index (χ2n) is 4.47. The number of nitrogens with one attached hydrogen (secondary N) is 1. The first-order valence-corrected chi connectivity index (χ1v) is 6.74. The average molecular weight is 321 g/mol. The van der Waals surface area contributed by atoms with Crippen molar-refractivity contribution in [3.8, 4) is 11.5 Å². The highest BCUT2D eigenvalue weighted by Gasteiger charge is 2.13. The Hall–Kier alpha value is -2.60. The number of halogens is 2. The number of rotatable bonds is 4. The Morgan fingerprint density at radius 1 is 1.27 bits per heavy atom. The minimum atomic E-state index is -0.499. The highest BCUT2D eigenvalue weighted by molar-refractivity contribution is 6.33. The minimum Gasteiger partial charge on any atom is -0.461 e. The van der Waals surface area contributed by atoms with Gasteiger partial charge in [0.2, 0.25) is 5.76 Å². The van der Waals surface area contributed by atoms with Crippen LogP contribution in [0, 0.1) is 5.82 Å². The monoisotopic (exact) mass is 320 g/mol. The second-order valence-corrected chi connectivity index (χ2v) is 4.87. The molecular weight excluding hydrogens is 311 g/mol. The van der Waals surface area contributed by atoms with Gasteiger partial charge in [0.25, 0.3) is 5.91 Å². The molecule has 1 aromatic carbocycles. The molecule has 112 valence electrons. The summed E-state index contributed by atoms with van der Waals surface area (Å²) in [4.78, 5) is 12.0. The largest absolute Gasteiger partial charge is 0.461 e. The van der Waals surface area contributed by atoms with Gasteiger partial charge in [-0.15, -0.1) is 0 Å². The van der Waals surface area contributed by atoms with Crippen molar-refractivity contribution in [3.05, 3.63) is 64.8 Å². The van der Waals surface area contributed by atoms with Crippen LogP contribution in [0.4, 0.5) is 4.39 Å². The van der Waals surface area contributed by atoms with Crippen molar-refractivity contribution in [2.75, 3.05) is 0 Å². The molecule has 0 saturated carbocycles. The van der Waals surface area contributed by atoms with E-state index in [2.05, 4.69) is 10.5 Å². The SMILES string of the molecule is O=C(NCc1cc(-c2ccco2)on1)c1ccc(F)cc1Cl. The minimum absolute atomic E-state index is 0.0499. The predicted octanol–water partition coefficient (Wildman–Crippen LogP) is 3.66. The maximum absolute atomic E-state index is 13.0. The lowest BCUT2D eigenvalue weighted by Crippen LogP contribution is -2.23. The molecule has 0 aliphatic carbocycles. The van der Waals surface area contributed by atoms with Gasteiger partial charge in [-0.3, -0.25) is 4.79 Å². The van der Waals surface area contributed by atoms with Crippen LogP contribution in [-0.4, -0.2) is 11.1 Å². The summed E-state index contributed by atoms with van der Waals surface area (Å²) in [5.41, 5.74) is 0.718. The van der Waals surface area contributed by atoms with E-state index >= 15 is 0 Å². The van der Waals surface area contributed by atoms with Gasteiger partial charge in [0, 0.05) is 6.07 Å². The van der Waals surface area contributed by atoms with Crippen LogP contribution < -0.4 is 5.32 Å². The number of carbonyl (C=O) groups is 1. The van der Waals surface area contributed by atoms with Crippen LogP contribution in [0.25, 0.3) is 11.5 Å². The fraction of sp³-hybridized carbons (Fsp3) is 0.0667. The highest BCUT2D eigenvalue weighted by Crippen LogP contribution is 2.21. The first kappa shape index (κ1) is 14.3. The third kappa shape index (κ3) is 3.01. The first-order valence-electron chi connectivity index (χ1n) is 6.36. The fourth-order valence-electron chi connectivity index (χ4n) is 1.87. The van der Waals surface area contributed by atoms with E-state index in [4.69, 9.17) is 20.5 Å². The van der Waals surface area contributed by atoms with Crippen LogP contribution in [0.5, 0.6) is 0 Å². The quantitative estimate of drug-likeness (QED) is 0.796. The zero-order chi connectivity index (χ0) is 15.5. The topological polar surface area (TPSA) is 68.3 Å². The molecule has 3 rings (SSSR count). The maximum Gasteiger partial charge on any atom is 0.253 e. The van der Waals surface area contributed by atoms with E-state index < -0.39 is 11.7 Å².